The highest BCUT2D eigenvalue weighted by Crippen LogP contribution is 2.41. The third-order valence-electron chi connectivity index (χ3n) is 4.74. The number of hydrogen-bond donors (Lipinski definition) is 0. The summed E-state index contributed by atoms with van der Waals surface area (Å²) in [5.41, 5.74) is 0. The molecule has 0 aromatic heterocycles. The summed E-state index contributed by atoms with van der Waals surface area (Å²) in [5.74, 6) is 0.294. The molecule has 0 aliphatic heterocycles. The SMILES string of the molecule is CC(C)/C=C(/Sc1ccccc1)[C@@H](O[Si](C)(C)C(C)(C)C)[C@H](C)OS(C)(=O)=O. The van der Waals surface area contributed by atoms with Crippen molar-refractivity contribution in [2.75, 3.05) is 6.26 Å². The van der Waals surface area contributed by atoms with Gasteiger partial charge in [0.15, 0.2) is 8.32 Å². The summed E-state index contributed by atoms with van der Waals surface area (Å²) >= 11 is 1.61. The minimum Gasteiger partial charge on any atom is -0.407 e. The van der Waals surface area contributed by atoms with E-state index < -0.39 is 30.6 Å². The van der Waals surface area contributed by atoms with Crippen molar-refractivity contribution >= 4 is 30.2 Å². The fraction of sp³-hybridized carbons (Fsp3) is 0.619. The van der Waals surface area contributed by atoms with Crippen LogP contribution in [0.3, 0.4) is 0 Å². The first kappa shape index (κ1) is 25.4. The highest BCUT2D eigenvalue weighted by molar-refractivity contribution is 8.03. The summed E-state index contributed by atoms with van der Waals surface area (Å²) in [4.78, 5) is 2.08. The van der Waals surface area contributed by atoms with Gasteiger partial charge in [-0.15, -0.1) is 0 Å². The van der Waals surface area contributed by atoms with Gasteiger partial charge in [0.2, 0.25) is 0 Å². The fourth-order valence-electron chi connectivity index (χ4n) is 2.35. The average molecular weight is 445 g/mol. The Hall–Kier alpha value is -0.603. The minimum atomic E-state index is -3.60. The van der Waals surface area contributed by atoms with Gasteiger partial charge in [-0.3, -0.25) is 4.18 Å². The van der Waals surface area contributed by atoms with Crippen LogP contribution in [0.25, 0.3) is 0 Å². The molecule has 0 spiro atoms. The van der Waals surface area contributed by atoms with E-state index in [9.17, 15) is 8.42 Å². The van der Waals surface area contributed by atoms with Gasteiger partial charge in [0, 0.05) is 9.80 Å². The topological polar surface area (TPSA) is 52.6 Å². The van der Waals surface area contributed by atoms with Crippen molar-refractivity contribution in [3.05, 3.63) is 41.3 Å². The Labute approximate surface area is 177 Å². The molecule has 2 atom stereocenters. The van der Waals surface area contributed by atoms with Crippen LogP contribution in [0.15, 0.2) is 46.2 Å². The molecule has 0 amide bonds. The highest BCUT2D eigenvalue weighted by atomic mass is 32.2. The van der Waals surface area contributed by atoms with Gasteiger partial charge in [-0.05, 0) is 43.1 Å². The molecule has 7 heteroatoms. The molecule has 160 valence electrons. The molecule has 0 N–H and O–H groups in total. The van der Waals surface area contributed by atoms with Gasteiger partial charge in [-0.25, -0.2) is 0 Å². The molecule has 0 unspecified atom stereocenters. The molecule has 28 heavy (non-hydrogen) atoms. The van der Waals surface area contributed by atoms with Crippen LogP contribution in [0.2, 0.25) is 18.1 Å². The first-order chi connectivity index (χ1) is 12.6. The fourth-order valence-corrected chi connectivity index (χ4v) is 5.65. The van der Waals surface area contributed by atoms with Crippen molar-refractivity contribution in [2.45, 2.75) is 76.8 Å². The van der Waals surface area contributed by atoms with E-state index in [0.717, 1.165) is 16.1 Å². The van der Waals surface area contributed by atoms with Crippen LogP contribution in [0.1, 0.15) is 41.5 Å². The van der Waals surface area contributed by atoms with Crippen LogP contribution in [-0.2, 0) is 18.7 Å². The number of rotatable bonds is 9. The van der Waals surface area contributed by atoms with E-state index in [4.69, 9.17) is 8.61 Å². The highest BCUT2D eigenvalue weighted by Gasteiger charge is 2.42. The molecule has 1 aromatic rings. The van der Waals surface area contributed by atoms with Crippen LogP contribution >= 0.6 is 11.8 Å². The van der Waals surface area contributed by atoms with Gasteiger partial charge in [-0.1, -0.05) is 70.7 Å². The second kappa shape index (κ2) is 9.94. The average Bonchev–Trinajstić information content (AvgIpc) is 2.49. The maximum atomic E-state index is 11.8. The summed E-state index contributed by atoms with van der Waals surface area (Å²) in [6.45, 7) is 16.9. The molecule has 0 saturated carbocycles. The Morgan fingerprint density at radius 1 is 1.11 bits per heavy atom. The molecular weight excluding hydrogens is 408 g/mol. The van der Waals surface area contributed by atoms with Crippen LogP contribution < -0.4 is 0 Å². The molecule has 0 saturated heterocycles. The Morgan fingerprint density at radius 2 is 1.64 bits per heavy atom. The van der Waals surface area contributed by atoms with Crippen LogP contribution in [0.5, 0.6) is 0 Å². The van der Waals surface area contributed by atoms with Crippen LogP contribution in [0.4, 0.5) is 0 Å². The van der Waals surface area contributed by atoms with Gasteiger partial charge in [0.1, 0.15) is 12.2 Å². The van der Waals surface area contributed by atoms with Crippen LogP contribution in [-0.4, -0.2) is 35.2 Å². The Balaban J connectivity index is 3.37. The number of allylic oxidation sites excluding steroid dienone is 1. The molecule has 0 aliphatic rings. The maximum absolute atomic E-state index is 11.8. The molecular formula is C21H36O4S2Si. The monoisotopic (exact) mass is 444 g/mol. The van der Waals surface area contributed by atoms with Gasteiger partial charge in [0.25, 0.3) is 10.1 Å². The van der Waals surface area contributed by atoms with Gasteiger partial charge in [-0.2, -0.15) is 8.42 Å². The Bertz CT molecular complexity index is 750. The lowest BCUT2D eigenvalue weighted by Crippen LogP contribution is -2.47. The largest absolute Gasteiger partial charge is 0.407 e. The molecule has 0 fully saturated rings. The molecule has 0 bridgehead atoms. The van der Waals surface area contributed by atoms with Crippen molar-refractivity contribution in [3.8, 4) is 0 Å². The third kappa shape index (κ3) is 8.41. The van der Waals surface area contributed by atoms with E-state index in [1.807, 2.05) is 30.3 Å². The first-order valence-electron chi connectivity index (χ1n) is 9.63. The van der Waals surface area contributed by atoms with E-state index in [-0.39, 0.29) is 5.04 Å². The van der Waals surface area contributed by atoms with Crippen molar-refractivity contribution in [2.24, 2.45) is 5.92 Å². The van der Waals surface area contributed by atoms with Gasteiger partial charge < -0.3 is 4.43 Å². The summed E-state index contributed by atoms with van der Waals surface area (Å²) in [7, 11) is -5.76. The molecule has 4 nitrogen and oxygen atoms in total. The van der Waals surface area contributed by atoms with Crippen molar-refractivity contribution in [3.63, 3.8) is 0 Å². The predicted octanol–water partition coefficient (Wildman–Crippen LogP) is 6.07. The standard InChI is InChI=1S/C21H36O4S2Si/c1-16(2)15-19(26-18-13-11-10-12-14-18)20(17(3)24-27(7,22)23)25-28(8,9)21(4,5)6/h10-17,20H,1-9H3/b19-15+/t17-,20-/m0/s1. The summed E-state index contributed by atoms with van der Waals surface area (Å²) < 4.78 is 35.7. The first-order valence-corrected chi connectivity index (χ1v) is 15.2. The predicted molar refractivity (Wildman–Crippen MR) is 123 cm³/mol. The Morgan fingerprint density at radius 3 is 2.07 bits per heavy atom. The number of thioether (sulfide) groups is 1. The third-order valence-corrected chi connectivity index (χ3v) is 11.0. The van der Waals surface area contributed by atoms with Crippen LogP contribution in [0, 0.1) is 5.92 Å². The van der Waals surface area contributed by atoms with Gasteiger partial charge in [0.05, 0.1) is 6.26 Å². The lowest BCUT2D eigenvalue weighted by Gasteiger charge is -2.41. The van der Waals surface area contributed by atoms with E-state index in [2.05, 4.69) is 53.8 Å². The number of hydrogen-bond acceptors (Lipinski definition) is 5. The zero-order chi connectivity index (χ0) is 21.8. The summed E-state index contributed by atoms with van der Waals surface area (Å²) in [6, 6.07) is 10.1. The van der Waals surface area contributed by atoms with E-state index in [0.29, 0.717) is 5.92 Å². The van der Waals surface area contributed by atoms with E-state index >= 15 is 0 Å². The molecule has 0 radical (unpaired) electrons. The van der Waals surface area contributed by atoms with Crippen molar-refractivity contribution < 1.29 is 17.0 Å². The molecule has 1 rings (SSSR count). The van der Waals surface area contributed by atoms with Crippen molar-refractivity contribution in [1.29, 1.82) is 0 Å². The quantitative estimate of drug-likeness (QED) is 0.263. The maximum Gasteiger partial charge on any atom is 0.264 e. The number of benzene rings is 1. The van der Waals surface area contributed by atoms with E-state index in [1.165, 1.54) is 0 Å². The van der Waals surface area contributed by atoms with E-state index in [1.54, 1.807) is 18.7 Å². The lowest BCUT2D eigenvalue weighted by atomic mass is 10.1. The molecule has 0 aliphatic carbocycles. The molecule has 0 heterocycles. The van der Waals surface area contributed by atoms with Gasteiger partial charge >= 0.3 is 0 Å². The molecule has 1 aromatic carbocycles. The zero-order valence-electron chi connectivity index (χ0n) is 18.6. The summed E-state index contributed by atoms with van der Waals surface area (Å²) in [6.07, 6.45) is 2.16. The second-order valence-corrected chi connectivity index (χ2v) is 16.5. The summed E-state index contributed by atoms with van der Waals surface area (Å²) in [5, 5.41) is -0.00356. The Kier molecular flexibility index (Phi) is 9.02. The smallest absolute Gasteiger partial charge is 0.264 e. The zero-order valence-corrected chi connectivity index (χ0v) is 21.3. The normalized spacial score (nSPS) is 16.3. The lowest BCUT2D eigenvalue weighted by molar-refractivity contribution is 0.0887. The van der Waals surface area contributed by atoms with Crippen molar-refractivity contribution in [1.82, 2.24) is 0 Å². The second-order valence-electron chi connectivity index (χ2n) is 9.03. The minimum absolute atomic E-state index is 0.00356.